The molecule has 0 spiro atoms. The fourth-order valence-electron chi connectivity index (χ4n) is 3.09. The van der Waals surface area contributed by atoms with Crippen molar-refractivity contribution in [3.05, 3.63) is 35.6 Å². The molecule has 24 heavy (non-hydrogen) atoms. The van der Waals surface area contributed by atoms with Crippen LogP contribution in [-0.4, -0.2) is 17.1 Å². The van der Waals surface area contributed by atoms with Crippen LogP contribution in [0.25, 0.3) is 0 Å². The van der Waals surface area contributed by atoms with E-state index in [1.807, 2.05) is 0 Å². The molecule has 0 aromatic heterocycles. The summed E-state index contributed by atoms with van der Waals surface area (Å²) in [6.45, 7) is 4.51. The van der Waals surface area contributed by atoms with E-state index in [-0.39, 0.29) is 11.7 Å². The highest BCUT2D eigenvalue weighted by Gasteiger charge is 2.27. The van der Waals surface area contributed by atoms with Crippen molar-refractivity contribution < 1.29 is 9.18 Å². The van der Waals surface area contributed by atoms with Crippen LogP contribution in [-0.2, 0) is 11.2 Å². The first-order chi connectivity index (χ1) is 11.5. The highest BCUT2D eigenvalue weighted by molar-refractivity contribution is 7.80. The van der Waals surface area contributed by atoms with Crippen LogP contribution in [0.1, 0.15) is 45.1 Å². The van der Waals surface area contributed by atoms with Crippen molar-refractivity contribution >= 4 is 23.2 Å². The van der Waals surface area contributed by atoms with Gasteiger partial charge in [0, 0.05) is 12.5 Å². The smallest absolute Gasteiger partial charge is 0.238 e. The molecular weight excluding hydrogens is 325 g/mol. The van der Waals surface area contributed by atoms with E-state index in [1.54, 1.807) is 12.1 Å². The van der Waals surface area contributed by atoms with E-state index in [4.69, 9.17) is 12.2 Å². The van der Waals surface area contributed by atoms with Crippen LogP contribution in [0, 0.1) is 17.7 Å². The Bertz CT molecular complexity index is 564. The van der Waals surface area contributed by atoms with E-state index in [0.29, 0.717) is 35.8 Å². The van der Waals surface area contributed by atoms with Crippen molar-refractivity contribution in [2.75, 3.05) is 0 Å². The Kier molecular flexibility index (Phi) is 6.97. The van der Waals surface area contributed by atoms with E-state index in [9.17, 15) is 9.18 Å². The second-order valence-electron chi connectivity index (χ2n) is 6.65. The van der Waals surface area contributed by atoms with Gasteiger partial charge in [0.05, 0.1) is 0 Å². The molecule has 132 valence electrons. The normalized spacial score (nSPS) is 23.4. The monoisotopic (exact) mass is 351 g/mol. The summed E-state index contributed by atoms with van der Waals surface area (Å²) in [5.41, 5.74) is 6.31. The first-order valence-electron chi connectivity index (χ1n) is 8.55. The van der Waals surface area contributed by atoms with E-state index in [0.717, 1.165) is 12.0 Å². The molecular formula is C18H26FN3OS. The van der Waals surface area contributed by atoms with Crippen molar-refractivity contribution in [3.8, 4) is 0 Å². The second-order valence-corrected chi connectivity index (χ2v) is 7.06. The Morgan fingerprint density at radius 3 is 2.62 bits per heavy atom. The molecule has 0 radical (unpaired) electrons. The van der Waals surface area contributed by atoms with Gasteiger partial charge in [-0.05, 0) is 54.6 Å². The van der Waals surface area contributed by atoms with Gasteiger partial charge in [0.1, 0.15) is 5.82 Å². The molecule has 0 bridgehead atoms. The minimum atomic E-state index is -0.271. The molecule has 6 heteroatoms. The zero-order valence-corrected chi connectivity index (χ0v) is 15.1. The molecule has 0 heterocycles. The lowest BCUT2D eigenvalue weighted by atomic mass is 9.78. The molecule has 1 aliphatic carbocycles. The average Bonchev–Trinajstić information content (AvgIpc) is 2.56. The number of halogens is 1. The number of hydrazine groups is 1. The van der Waals surface area contributed by atoms with Gasteiger partial charge in [0.2, 0.25) is 5.91 Å². The lowest BCUT2D eigenvalue weighted by Gasteiger charge is -2.35. The maximum Gasteiger partial charge on any atom is 0.238 e. The maximum absolute atomic E-state index is 12.8. The largest absolute Gasteiger partial charge is 0.358 e. The fourth-order valence-corrected chi connectivity index (χ4v) is 3.29. The number of nitrogens with one attached hydrogen (secondary N) is 3. The molecule has 0 saturated heterocycles. The van der Waals surface area contributed by atoms with Gasteiger partial charge in [-0.3, -0.25) is 15.6 Å². The van der Waals surface area contributed by atoms with Crippen molar-refractivity contribution in [2.24, 2.45) is 11.8 Å². The second kappa shape index (κ2) is 8.97. The van der Waals surface area contributed by atoms with Crippen LogP contribution >= 0.6 is 12.2 Å². The van der Waals surface area contributed by atoms with Crippen molar-refractivity contribution in [1.82, 2.24) is 16.2 Å². The van der Waals surface area contributed by atoms with Crippen LogP contribution in [0.5, 0.6) is 0 Å². The van der Waals surface area contributed by atoms with Crippen LogP contribution in [0.4, 0.5) is 4.39 Å². The number of rotatable bonds is 4. The van der Waals surface area contributed by atoms with Crippen LogP contribution in [0.15, 0.2) is 24.3 Å². The third-order valence-electron chi connectivity index (χ3n) is 4.89. The molecule has 4 nitrogen and oxygen atoms in total. The Morgan fingerprint density at radius 1 is 1.21 bits per heavy atom. The summed E-state index contributed by atoms with van der Waals surface area (Å²) in [7, 11) is 0. The minimum absolute atomic E-state index is 0.145. The summed E-state index contributed by atoms with van der Waals surface area (Å²) in [5, 5.41) is 3.75. The summed E-state index contributed by atoms with van der Waals surface area (Å²) in [6.07, 6.45) is 4.45. The molecule has 1 fully saturated rings. The lowest BCUT2D eigenvalue weighted by Crippen LogP contribution is -2.52. The number of thiocarbonyl (C=S) groups is 1. The first-order valence-corrected chi connectivity index (χ1v) is 8.96. The van der Waals surface area contributed by atoms with Gasteiger partial charge >= 0.3 is 0 Å². The number of carbonyl (C=O) groups excluding carboxylic acids is 1. The number of carbonyl (C=O) groups is 1. The number of amides is 1. The molecule has 0 unspecified atom stereocenters. The summed E-state index contributed by atoms with van der Waals surface area (Å²) in [4.78, 5) is 11.9. The minimum Gasteiger partial charge on any atom is -0.358 e. The third-order valence-corrected chi connectivity index (χ3v) is 5.11. The molecule has 1 aromatic carbocycles. The molecule has 1 aromatic rings. The molecule has 1 saturated carbocycles. The van der Waals surface area contributed by atoms with Gasteiger partial charge in [-0.25, -0.2) is 4.39 Å². The molecule has 1 aliphatic rings. The van der Waals surface area contributed by atoms with E-state index in [1.165, 1.54) is 25.0 Å². The molecule has 3 atom stereocenters. The zero-order valence-electron chi connectivity index (χ0n) is 14.3. The number of hydrogen-bond acceptors (Lipinski definition) is 2. The van der Waals surface area contributed by atoms with Gasteiger partial charge in [-0.15, -0.1) is 0 Å². The Morgan fingerprint density at radius 2 is 1.92 bits per heavy atom. The van der Waals surface area contributed by atoms with E-state index in [2.05, 4.69) is 30.0 Å². The maximum atomic E-state index is 12.8. The Labute approximate surface area is 148 Å². The van der Waals surface area contributed by atoms with Gasteiger partial charge in [0.15, 0.2) is 5.11 Å². The predicted octanol–water partition coefficient (Wildman–Crippen LogP) is 3.08. The molecule has 0 aliphatic heterocycles. The van der Waals surface area contributed by atoms with Gasteiger partial charge < -0.3 is 5.32 Å². The average molecular weight is 351 g/mol. The lowest BCUT2D eigenvalue weighted by molar-refractivity contribution is -0.121. The van der Waals surface area contributed by atoms with Crippen LogP contribution in [0.2, 0.25) is 0 Å². The van der Waals surface area contributed by atoms with E-state index < -0.39 is 0 Å². The third kappa shape index (κ3) is 5.74. The van der Waals surface area contributed by atoms with Crippen molar-refractivity contribution in [1.29, 1.82) is 0 Å². The number of aryl methyl sites for hydroxylation is 1. The standard InChI is InChI=1S/C18H26FN3OS/c1-12-4-3-5-16(13(12)2)20-18(24)22-21-17(23)11-8-14-6-9-15(19)10-7-14/h6-7,9-10,12-13,16H,3-5,8,11H2,1-2H3,(H,21,23)(H2,20,22,24)/t12-,13+,16+/m0/s1. The highest BCUT2D eigenvalue weighted by Crippen LogP contribution is 2.29. The first kappa shape index (κ1) is 18.6. The molecule has 2 rings (SSSR count). The number of benzene rings is 1. The van der Waals surface area contributed by atoms with Crippen LogP contribution < -0.4 is 16.2 Å². The molecule has 3 N–H and O–H groups in total. The topological polar surface area (TPSA) is 53.2 Å². The SMILES string of the molecule is C[C@@H]1[C@@H](C)CCC[C@H]1NC(=S)NNC(=O)CCc1ccc(F)cc1. The fraction of sp³-hybridized carbons (Fsp3) is 0.556. The summed E-state index contributed by atoms with van der Waals surface area (Å²) < 4.78 is 12.8. The quantitative estimate of drug-likeness (QED) is 0.576. The summed E-state index contributed by atoms with van der Waals surface area (Å²) in [6, 6.07) is 6.53. The summed E-state index contributed by atoms with van der Waals surface area (Å²) in [5.74, 6) is 0.832. The molecule has 1 amide bonds. The Balaban J connectivity index is 1.67. The zero-order chi connectivity index (χ0) is 17.5. The van der Waals surface area contributed by atoms with E-state index >= 15 is 0 Å². The predicted molar refractivity (Wildman–Crippen MR) is 97.7 cm³/mol. The van der Waals surface area contributed by atoms with Gasteiger partial charge in [-0.1, -0.05) is 38.8 Å². The van der Waals surface area contributed by atoms with Crippen molar-refractivity contribution in [2.45, 2.75) is 52.0 Å². The van der Waals surface area contributed by atoms with Gasteiger partial charge in [0.25, 0.3) is 0 Å². The van der Waals surface area contributed by atoms with Gasteiger partial charge in [-0.2, -0.15) is 0 Å². The highest BCUT2D eigenvalue weighted by atomic mass is 32.1. The summed E-state index contributed by atoms with van der Waals surface area (Å²) >= 11 is 5.26. The van der Waals surface area contributed by atoms with Crippen molar-refractivity contribution in [3.63, 3.8) is 0 Å². The Hall–Kier alpha value is -1.69. The van der Waals surface area contributed by atoms with Crippen LogP contribution in [0.3, 0.4) is 0 Å². The number of hydrogen-bond donors (Lipinski definition) is 3.